The van der Waals surface area contributed by atoms with Crippen LogP contribution in [-0.4, -0.2) is 21.1 Å². The second-order valence-electron chi connectivity index (χ2n) is 5.28. The van der Waals surface area contributed by atoms with Crippen LogP contribution in [0.2, 0.25) is 0 Å². The SMILES string of the molecule is CCCc1nnc(NC(=O)c2ccc3[nH]c(C)cc(=O)c3c2)s1. The van der Waals surface area contributed by atoms with Gasteiger partial charge < -0.3 is 4.98 Å². The Bertz CT molecular complexity index is 929. The standard InChI is InChI=1S/C16H16N4O2S/c1-3-4-14-19-20-16(23-14)18-15(22)10-5-6-12-11(8-10)13(21)7-9(2)17-12/h5-8H,3-4H2,1-2H3,(H,17,21)(H,18,20,22). The minimum Gasteiger partial charge on any atom is -0.358 e. The van der Waals surface area contributed by atoms with E-state index in [9.17, 15) is 9.59 Å². The first kappa shape index (κ1) is 15.4. The van der Waals surface area contributed by atoms with Crippen molar-refractivity contribution in [2.75, 3.05) is 5.32 Å². The summed E-state index contributed by atoms with van der Waals surface area (Å²) >= 11 is 1.37. The monoisotopic (exact) mass is 328 g/mol. The van der Waals surface area contributed by atoms with Crippen molar-refractivity contribution in [3.05, 3.63) is 50.8 Å². The van der Waals surface area contributed by atoms with Crippen molar-refractivity contribution >= 4 is 33.3 Å². The lowest BCUT2D eigenvalue weighted by molar-refractivity contribution is 0.102. The predicted octanol–water partition coefficient (Wildman–Crippen LogP) is 2.89. The number of carbonyl (C=O) groups excluding carboxylic acids is 1. The topological polar surface area (TPSA) is 87.7 Å². The number of amides is 1. The van der Waals surface area contributed by atoms with Gasteiger partial charge in [0, 0.05) is 34.6 Å². The van der Waals surface area contributed by atoms with Gasteiger partial charge in [0.15, 0.2) is 5.43 Å². The second kappa shape index (κ2) is 6.29. The Hall–Kier alpha value is -2.54. The summed E-state index contributed by atoms with van der Waals surface area (Å²) in [5, 5.41) is 12.6. The van der Waals surface area contributed by atoms with Crippen molar-refractivity contribution in [3.8, 4) is 0 Å². The molecule has 0 atom stereocenters. The molecule has 0 saturated carbocycles. The maximum atomic E-state index is 12.3. The first-order valence-electron chi connectivity index (χ1n) is 7.34. The van der Waals surface area contributed by atoms with Crippen LogP contribution in [0.25, 0.3) is 10.9 Å². The number of anilines is 1. The summed E-state index contributed by atoms with van der Waals surface area (Å²) < 4.78 is 0. The van der Waals surface area contributed by atoms with Crippen LogP contribution in [0.5, 0.6) is 0 Å². The highest BCUT2D eigenvalue weighted by Crippen LogP contribution is 2.18. The number of nitrogens with one attached hydrogen (secondary N) is 2. The number of aromatic amines is 1. The van der Waals surface area contributed by atoms with Crippen molar-refractivity contribution in [3.63, 3.8) is 0 Å². The fourth-order valence-electron chi connectivity index (χ4n) is 2.31. The molecule has 1 amide bonds. The predicted molar refractivity (Wildman–Crippen MR) is 91.2 cm³/mol. The van der Waals surface area contributed by atoms with Crippen molar-refractivity contribution in [2.24, 2.45) is 0 Å². The zero-order valence-electron chi connectivity index (χ0n) is 12.8. The molecule has 23 heavy (non-hydrogen) atoms. The van der Waals surface area contributed by atoms with E-state index in [1.807, 2.05) is 6.92 Å². The Kier molecular flexibility index (Phi) is 4.20. The van der Waals surface area contributed by atoms with E-state index in [2.05, 4.69) is 27.4 Å². The minimum atomic E-state index is -0.300. The lowest BCUT2D eigenvalue weighted by Gasteiger charge is -2.04. The molecule has 1 aromatic carbocycles. The Morgan fingerprint density at radius 3 is 2.91 bits per heavy atom. The summed E-state index contributed by atoms with van der Waals surface area (Å²) in [6, 6.07) is 6.53. The molecule has 3 rings (SSSR count). The molecule has 0 bridgehead atoms. The van der Waals surface area contributed by atoms with Crippen LogP contribution in [0.15, 0.2) is 29.1 Å². The quantitative estimate of drug-likeness (QED) is 0.771. The number of nitrogens with zero attached hydrogens (tertiary/aromatic N) is 2. The molecule has 0 saturated heterocycles. The van der Waals surface area contributed by atoms with Gasteiger partial charge in [0.05, 0.1) is 0 Å². The Morgan fingerprint density at radius 2 is 2.13 bits per heavy atom. The first-order chi connectivity index (χ1) is 11.1. The number of hydrogen-bond donors (Lipinski definition) is 2. The summed E-state index contributed by atoms with van der Waals surface area (Å²) in [5.74, 6) is -0.300. The zero-order valence-corrected chi connectivity index (χ0v) is 13.7. The maximum absolute atomic E-state index is 12.3. The van der Waals surface area contributed by atoms with Gasteiger partial charge in [-0.25, -0.2) is 0 Å². The van der Waals surface area contributed by atoms with E-state index >= 15 is 0 Å². The van der Waals surface area contributed by atoms with Crippen molar-refractivity contribution in [1.29, 1.82) is 0 Å². The highest BCUT2D eigenvalue weighted by molar-refractivity contribution is 7.15. The maximum Gasteiger partial charge on any atom is 0.257 e. The van der Waals surface area contributed by atoms with Gasteiger partial charge in [-0.3, -0.25) is 14.9 Å². The van der Waals surface area contributed by atoms with Crippen LogP contribution < -0.4 is 10.7 Å². The highest BCUT2D eigenvalue weighted by atomic mass is 32.1. The molecule has 0 aliphatic carbocycles. The molecule has 0 unspecified atom stereocenters. The van der Waals surface area contributed by atoms with E-state index in [4.69, 9.17) is 0 Å². The van der Waals surface area contributed by atoms with Crippen LogP contribution in [0.4, 0.5) is 5.13 Å². The number of hydrogen-bond acceptors (Lipinski definition) is 5. The molecule has 6 nitrogen and oxygen atoms in total. The lowest BCUT2D eigenvalue weighted by atomic mass is 10.1. The van der Waals surface area contributed by atoms with Crippen molar-refractivity contribution in [2.45, 2.75) is 26.7 Å². The van der Waals surface area contributed by atoms with Crippen LogP contribution >= 0.6 is 11.3 Å². The molecule has 0 fully saturated rings. The van der Waals surface area contributed by atoms with Crippen LogP contribution in [0.1, 0.15) is 34.4 Å². The summed E-state index contributed by atoms with van der Waals surface area (Å²) in [7, 11) is 0. The second-order valence-corrected chi connectivity index (χ2v) is 6.34. The van der Waals surface area contributed by atoms with Crippen molar-refractivity contribution in [1.82, 2.24) is 15.2 Å². The summed E-state index contributed by atoms with van der Waals surface area (Å²) in [6.45, 7) is 3.89. The van der Waals surface area contributed by atoms with Gasteiger partial charge in [-0.1, -0.05) is 18.3 Å². The van der Waals surface area contributed by atoms with E-state index in [0.717, 1.165) is 23.5 Å². The fraction of sp³-hybridized carbons (Fsp3) is 0.250. The number of aromatic nitrogens is 3. The number of pyridine rings is 1. The smallest absolute Gasteiger partial charge is 0.257 e. The Balaban J connectivity index is 1.87. The normalized spacial score (nSPS) is 10.9. The average molecular weight is 328 g/mol. The molecule has 7 heteroatoms. The van der Waals surface area contributed by atoms with Gasteiger partial charge in [0.1, 0.15) is 5.01 Å². The molecule has 2 heterocycles. The highest BCUT2D eigenvalue weighted by Gasteiger charge is 2.11. The molecule has 0 spiro atoms. The third-order valence-electron chi connectivity index (χ3n) is 3.38. The van der Waals surface area contributed by atoms with Crippen LogP contribution in [0.3, 0.4) is 0 Å². The minimum absolute atomic E-state index is 0.105. The van der Waals surface area contributed by atoms with Gasteiger partial charge >= 0.3 is 0 Å². The first-order valence-corrected chi connectivity index (χ1v) is 8.16. The number of H-pyrrole nitrogens is 1. The van der Waals surface area contributed by atoms with Gasteiger partial charge in [-0.2, -0.15) is 0 Å². The molecule has 0 aliphatic heterocycles. The number of fused-ring (bicyclic) bond motifs is 1. The van der Waals surface area contributed by atoms with Gasteiger partial charge in [-0.05, 0) is 31.5 Å². The third kappa shape index (κ3) is 3.29. The van der Waals surface area contributed by atoms with E-state index in [1.165, 1.54) is 17.4 Å². The van der Waals surface area contributed by atoms with Crippen LogP contribution in [0, 0.1) is 6.92 Å². The number of rotatable bonds is 4. The van der Waals surface area contributed by atoms with E-state index in [-0.39, 0.29) is 11.3 Å². The van der Waals surface area contributed by atoms with E-state index in [1.54, 1.807) is 18.2 Å². The molecule has 0 radical (unpaired) electrons. The number of aryl methyl sites for hydroxylation is 2. The number of benzene rings is 1. The molecule has 0 aliphatic rings. The molecule has 3 aromatic rings. The molecular weight excluding hydrogens is 312 g/mol. The van der Waals surface area contributed by atoms with Crippen LogP contribution in [-0.2, 0) is 6.42 Å². The fourth-order valence-corrected chi connectivity index (χ4v) is 3.15. The van der Waals surface area contributed by atoms with Gasteiger partial charge in [0.25, 0.3) is 5.91 Å². The van der Waals surface area contributed by atoms with Crippen molar-refractivity contribution < 1.29 is 4.79 Å². The molecule has 118 valence electrons. The summed E-state index contributed by atoms with van der Waals surface area (Å²) in [5.41, 5.74) is 1.82. The van der Waals surface area contributed by atoms with Gasteiger partial charge in [-0.15, -0.1) is 10.2 Å². The summed E-state index contributed by atoms with van der Waals surface area (Å²) in [4.78, 5) is 27.5. The van der Waals surface area contributed by atoms with Gasteiger partial charge in [0.2, 0.25) is 5.13 Å². The zero-order chi connectivity index (χ0) is 16.4. The lowest BCUT2D eigenvalue weighted by Crippen LogP contribution is -2.13. The molecule has 2 aromatic heterocycles. The third-order valence-corrected chi connectivity index (χ3v) is 4.28. The summed E-state index contributed by atoms with van der Waals surface area (Å²) in [6.07, 6.45) is 1.83. The average Bonchev–Trinajstić information content (AvgIpc) is 2.94. The largest absolute Gasteiger partial charge is 0.358 e. The van der Waals surface area contributed by atoms with E-state index < -0.39 is 0 Å². The molecular formula is C16H16N4O2S. The Morgan fingerprint density at radius 1 is 1.30 bits per heavy atom. The Labute approximate surface area is 136 Å². The molecule has 2 N–H and O–H groups in total. The van der Waals surface area contributed by atoms with E-state index in [0.29, 0.717) is 21.6 Å². The number of carbonyl (C=O) groups is 1.